The van der Waals surface area contributed by atoms with E-state index in [0.717, 1.165) is 13.1 Å². The molecule has 8 heteroatoms. The second kappa shape index (κ2) is 5.11. The molecule has 0 radical (unpaired) electrons. The standard InChI is InChI=1S/C9H17N7O/c1-15(2)9-12-7(10)11-8(13-9)14-16-3-5-17-6-4-16/h3-6H2,1-2H3,(H3,10,11,12,13,14). The van der Waals surface area contributed by atoms with Crippen molar-refractivity contribution in [2.45, 2.75) is 0 Å². The molecule has 3 N–H and O–H groups in total. The number of nitrogens with zero attached hydrogens (tertiary/aromatic N) is 5. The molecule has 0 aliphatic carbocycles. The van der Waals surface area contributed by atoms with Gasteiger partial charge < -0.3 is 15.4 Å². The topological polar surface area (TPSA) is 92.4 Å². The molecule has 1 aliphatic heterocycles. The van der Waals surface area contributed by atoms with Crippen molar-refractivity contribution in [3.05, 3.63) is 0 Å². The molecule has 0 saturated carbocycles. The number of nitrogens with one attached hydrogen (secondary N) is 1. The summed E-state index contributed by atoms with van der Waals surface area (Å²) in [6.07, 6.45) is 0. The minimum atomic E-state index is 0.208. The molecule has 0 aromatic carbocycles. The Morgan fingerprint density at radius 2 is 1.94 bits per heavy atom. The number of hydrazine groups is 1. The Labute approximate surface area is 99.8 Å². The molecule has 0 bridgehead atoms. The van der Waals surface area contributed by atoms with Gasteiger partial charge in [-0.1, -0.05) is 0 Å². The smallest absolute Gasteiger partial charge is 0.244 e. The van der Waals surface area contributed by atoms with E-state index in [1.54, 1.807) is 4.90 Å². The number of hydrogen-bond acceptors (Lipinski definition) is 8. The van der Waals surface area contributed by atoms with Crippen LogP contribution in [0.3, 0.4) is 0 Å². The number of rotatable bonds is 3. The number of nitrogen functional groups attached to an aromatic ring is 1. The summed E-state index contributed by atoms with van der Waals surface area (Å²) in [5.41, 5.74) is 8.73. The van der Waals surface area contributed by atoms with Crippen molar-refractivity contribution in [1.29, 1.82) is 0 Å². The zero-order valence-corrected chi connectivity index (χ0v) is 10.1. The van der Waals surface area contributed by atoms with E-state index in [-0.39, 0.29) is 5.95 Å². The van der Waals surface area contributed by atoms with Gasteiger partial charge in [-0.25, -0.2) is 5.01 Å². The van der Waals surface area contributed by atoms with Crippen LogP contribution in [0.25, 0.3) is 0 Å². The molecule has 0 atom stereocenters. The molecule has 1 fully saturated rings. The summed E-state index contributed by atoms with van der Waals surface area (Å²) in [5, 5.41) is 2.00. The van der Waals surface area contributed by atoms with Gasteiger partial charge in [-0.05, 0) is 0 Å². The Hall–Kier alpha value is -1.67. The maximum Gasteiger partial charge on any atom is 0.244 e. The number of ether oxygens (including phenoxy) is 1. The van der Waals surface area contributed by atoms with E-state index in [4.69, 9.17) is 10.5 Å². The Morgan fingerprint density at radius 1 is 1.24 bits per heavy atom. The van der Waals surface area contributed by atoms with Crippen LogP contribution in [-0.2, 0) is 4.74 Å². The third-order valence-electron chi connectivity index (χ3n) is 2.31. The first-order valence-corrected chi connectivity index (χ1v) is 5.43. The zero-order valence-electron chi connectivity index (χ0n) is 10.1. The number of nitrogens with two attached hydrogens (primary N) is 1. The minimum Gasteiger partial charge on any atom is -0.379 e. The maximum atomic E-state index is 5.63. The molecule has 1 aromatic heterocycles. The highest BCUT2D eigenvalue weighted by Gasteiger charge is 2.13. The van der Waals surface area contributed by atoms with Gasteiger partial charge in [0.05, 0.1) is 13.2 Å². The van der Waals surface area contributed by atoms with E-state index in [9.17, 15) is 0 Å². The summed E-state index contributed by atoms with van der Waals surface area (Å²) in [7, 11) is 3.71. The fourth-order valence-corrected chi connectivity index (χ4v) is 1.45. The third kappa shape index (κ3) is 3.14. The summed E-state index contributed by atoms with van der Waals surface area (Å²) in [5.74, 6) is 1.20. The average Bonchev–Trinajstić information content (AvgIpc) is 2.29. The Balaban J connectivity index is 2.09. The quantitative estimate of drug-likeness (QED) is 0.706. The molecule has 0 unspecified atom stereocenters. The van der Waals surface area contributed by atoms with E-state index in [2.05, 4.69) is 20.4 Å². The average molecular weight is 239 g/mol. The zero-order chi connectivity index (χ0) is 12.3. The normalized spacial score (nSPS) is 16.8. The molecule has 2 rings (SSSR count). The van der Waals surface area contributed by atoms with E-state index < -0.39 is 0 Å². The predicted molar refractivity (Wildman–Crippen MR) is 64.6 cm³/mol. The second-order valence-electron chi connectivity index (χ2n) is 3.92. The van der Waals surface area contributed by atoms with Crippen LogP contribution in [0.15, 0.2) is 0 Å². The second-order valence-corrected chi connectivity index (χ2v) is 3.92. The van der Waals surface area contributed by atoms with Crippen LogP contribution < -0.4 is 16.1 Å². The lowest BCUT2D eigenvalue weighted by atomic mass is 10.5. The molecule has 0 spiro atoms. The Bertz CT molecular complexity index is 378. The largest absolute Gasteiger partial charge is 0.379 e. The van der Waals surface area contributed by atoms with E-state index >= 15 is 0 Å². The lowest BCUT2D eigenvalue weighted by Gasteiger charge is -2.27. The van der Waals surface area contributed by atoms with Gasteiger partial charge in [0.2, 0.25) is 17.8 Å². The van der Waals surface area contributed by atoms with Crippen LogP contribution in [0.2, 0.25) is 0 Å². The SMILES string of the molecule is CN(C)c1nc(N)nc(NN2CCOCC2)n1. The van der Waals surface area contributed by atoms with Crippen LogP contribution in [0.5, 0.6) is 0 Å². The summed E-state index contributed by atoms with van der Waals surface area (Å²) >= 11 is 0. The van der Waals surface area contributed by atoms with Crippen LogP contribution >= 0.6 is 0 Å². The molecule has 17 heavy (non-hydrogen) atoms. The third-order valence-corrected chi connectivity index (χ3v) is 2.31. The highest BCUT2D eigenvalue weighted by Crippen LogP contribution is 2.10. The number of anilines is 3. The maximum absolute atomic E-state index is 5.63. The van der Waals surface area contributed by atoms with Gasteiger partial charge in [0.25, 0.3) is 0 Å². The van der Waals surface area contributed by atoms with Crippen molar-refractivity contribution in [3.8, 4) is 0 Å². The van der Waals surface area contributed by atoms with Crippen molar-refractivity contribution in [2.75, 3.05) is 56.5 Å². The summed E-state index contributed by atoms with van der Waals surface area (Å²) < 4.78 is 5.26. The van der Waals surface area contributed by atoms with Crippen molar-refractivity contribution >= 4 is 17.8 Å². The van der Waals surface area contributed by atoms with Crippen LogP contribution in [0.4, 0.5) is 17.8 Å². The molecule has 2 heterocycles. The molecule has 94 valence electrons. The molecule has 1 aromatic rings. The van der Waals surface area contributed by atoms with Crippen LogP contribution in [0.1, 0.15) is 0 Å². The van der Waals surface area contributed by atoms with E-state index in [1.807, 2.05) is 19.1 Å². The molecule has 0 amide bonds. The van der Waals surface area contributed by atoms with Gasteiger partial charge >= 0.3 is 0 Å². The lowest BCUT2D eigenvalue weighted by Crippen LogP contribution is -2.40. The van der Waals surface area contributed by atoms with Gasteiger partial charge in [-0.3, -0.25) is 5.43 Å². The first-order chi connectivity index (χ1) is 8.15. The Kier molecular flexibility index (Phi) is 3.55. The fourth-order valence-electron chi connectivity index (χ4n) is 1.45. The highest BCUT2D eigenvalue weighted by atomic mass is 16.5. The van der Waals surface area contributed by atoms with Crippen LogP contribution in [0, 0.1) is 0 Å². The molecule has 1 saturated heterocycles. The molecular weight excluding hydrogens is 222 g/mol. The molecule has 1 aliphatic rings. The van der Waals surface area contributed by atoms with Gasteiger partial charge in [-0.2, -0.15) is 15.0 Å². The summed E-state index contributed by atoms with van der Waals surface area (Å²) in [6.45, 7) is 2.99. The van der Waals surface area contributed by atoms with Gasteiger partial charge in [-0.15, -0.1) is 0 Å². The summed E-state index contributed by atoms with van der Waals surface area (Å²) in [6, 6.07) is 0. The minimum absolute atomic E-state index is 0.208. The van der Waals surface area contributed by atoms with Gasteiger partial charge in [0.15, 0.2) is 0 Å². The van der Waals surface area contributed by atoms with Crippen LogP contribution in [-0.4, -0.2) is 60.4 Å². The van der Waals surface area contributed by atoms with E-state index in [1.165, 1.54) is 0 Å². The highest BCUT2D eigenvalue weighted by molar-refractivity contribution is 5.40. The van der Waals surface area contributed by atoms with Crippen molar-refractivity contribution in [1.82, 2.24) is 20.0 Å². The van der Waals surface area contributed by atoms with Crippen molar-refractivity contribution in [2.24, 2.45) is 0 Å². The number of hydrogen-bond donors (Lipinski definition) is 2. The van der Waals surface area contributed by atoms with Crippen molar-refractivity contribution in [3.63, 3.8) is 0 Å². The molecular formula is C9H17N7O. The van der Waals surface area contributed by atoms with Gasteiger partial charge in [0.1, 0.15) is 0 Å². The number of aromatic nitrogens is 3. The lowest BCUT2D eigenvalue weighted by molar-refractivity contribution is 0.0492. The van der Waals surface area contributed by atoms with Crippen molar-refractivity contribution < 1.29 is 4.74 Å². The fraction of sp³-hybridized carbons (Fsp3) is 0.667. The first kappa shape index (κ1) is 11.8. The Morgan fingerprint density at radius 3 is 2.59 bits per heavy atom. The van der Waals surface area contributed by atoms with E-state index in [0.29, 0.717) is 25.1 Å². The number of morpholine rings is 1. The summed E-state index contributed by atoms with van der Waals surface area (Å²) in [4.78, 5) is 14.1. The monoisotopic (exact) mass is 239 g/mol. The first-order valence-electron chi connectivity index (χ1n) is 5.43. The molecule has 8 nitrogen and oxygen atoms in total. The van der Waals surface area contributed by atoms with Gasteiger partial charge in [0, 0.05) is 27.2 Å². The predicted octanol–water partition coefficient (Wildman–Crippen LogP) is -0.821.